The average Bonchev–Trinajstić information content (AvgIpc) is 2.48. The summed E-state index contributed by atoms with van der Waals surface area (Å²) in [7, 11) is 2.86. The summed E-state index contributed by atoms with van der Waals surface area (Å²) < 4.78 is 24.1. The van der Waals surface area contributed by atoms with Crippen LogP contribution in [0.4, 0.5) is 4.39 Å². The Morgan fingerprint density at radius 2 is 1.86 bits per heavy atom. The summed E-state index contributed by atoms with van der Waals surface area (Å²) in [6, 6.07) is 6.98. The second-order valence-electron chi connectivity index (χ2n) is 4.12. The number of hydrogen-bond donors (Lipinski definition) is 0. The molecule has 0 fully saturated rings. The van der Waals surface area contributed by atoms with E-state index < -0.39 is 11.6 Å². The first kappa shape index (κ1) is 15.8. The Balaban J connectivity index is 2.58. The summed E-state index contributed by atoms with van der Waals surface area (Å²) in [5, 5.41) is 0.193. The fraction of sp³-hybridized carbons (Fsp3) is 0.133. The summed E-state index contributed by atoms with van der Waals surface area (Å²) in [6.45, 7) is 0. The van der Waals surface area contributed by atoms with Crippen molar-refractivity contribution < 1.29 is 18.7 Å². The second-order valence-corrected chi connectivity index (χ2v) is 5.35. The highest BCUT2D eigenvalue weighted by Crippen LogP contribution is 2.38. The molecule has 2 rings (SSSR count). The highest BCUT2D eigenvalue weighted by atomic mass is 79.9. The van der Waals surface area contributed by atoms with E-state index in [0.29, 0.717) is 10.2 Å². The van der Waals surface area contributed by atoms with Crippen LogP contribution >= 0.6 is 27.5 Å². The zero-order valence-corrected chi connectivity index (χ0v) is 13.6. The van der Waals surface area contributed by atoms with Gasteiger partial charge in [-0.1, -0.05) is 27.5 Å². The first-order valence-corrected chi connectivity index (χ1v) is 7.07. The zero-order chi connectivity index (χ0) is 15.6. The number of carbonyl (C=O) groups is 1. The molecular formula is C15H11BrClFO3. The molecule has 0 aliphatic heterocycles. The highest BCUT2D eigenvalue weighted by Gasteiger charge is 2.21. The third-order valence-corrected chi connectivity index (χ3v) is 3.95. The second kappa shape index (κ2) is 6.45. The van der Waals surface area contributed by atoms with E-state index in [1.807, 2.05) is 0 Å². The summed E-state index contributed by atoms with van der Waals surface area (Å²) in [5.41, 5.74) is 0.420. The van der Waals surface area contributed by atoms with Crippen molar-refractivity contribution in [3.63, 3.8) is 0 Å². The van der Waals surface area contributed by atoms with Gasteiger partial charge in [0.2, 0.25) is 0 Å². The van der Waals surface area contributed by atoms with Crippen molar-refractivity contribution in [2.75, 3.05) is 14.2 Å². The van der Waals surface area contributed by atoms with Gasteiger partial charge in [0.1, 0.15) is 16.6 Å². The molecule has 0 radical (unpaired) electrons. The lowest BCUT2D eigenvalue weighted by atomic mass is 10.0. The standard InChI is InChI=1S/C15H11BrClFO3/c1-20-12-6-4-9(15(21-2)13(12)17)14(19)10-7-8(18)3-5-11(10)16/h3-7H,1-2H3. The Hall–Kier alpha value is -1.59. The summed E-state index contributed by atoms with van der Waals surface area (Å²) in [5.74, 6) is -0.316. The molecule has 0 bridgehead atoms. The minimum Gasteiger partial charge on any atom is -0.495 e. The van der Waals surface area contributed by atoms with Gasteiger partial charge < -0.3 is 9.47 Å². The van der Waals surface area contributed by atoms with Crippen LogP contribution in [0.2, 0.25) is 5.02 Å². The molecule has 0 amide bonds. The predicted octanol–water partition coefficient (Wildman–Crippen LogP) is 4.49. The molecule has 0 aliphatic carbocycles. The normalized spacial score (nSPS) is 10.3. The van der Waals surface area contributed by atoms with Gasteiger partial charge in [0.25, 0.3) is 0 Å². The molecule has 6 heteroatoms. The lowest BCUT2D eigenvalue weighted by molar-refractivity contribution is 0.103. The van der Waals surface area contributed by atoms with Crippen LogP contribution in [0.25, 0.3) is 0 Å². The lowest BCUT2D eigenvalue weighted by Crippen LogP contribution is -2.06. The van der Waals surface area contributed by atoms with Crippen molar-refractivity contribution in [3.05, 3.63) is 56.8 Å². The van der Waals surface area contributed by atoms with Gasteiger partial charge in [-0.25, -0.2) is 4.39 Å². The van der Waals surface area contributed by atoms with Crippen LogP contribution in [-0.4, -0.2) is 20.0 Å². The van der Waals surface area contributed by atoms with Crippen molar-refractivity contribution in [2.24, 2.45) is 0 Å². The maximum atomic E-state index is 13.4. The molecule has 0 saturated carbocycles. The number of rotatable bonds is 4. The van der Waals surface area contributed by atoms with Crippen LogP contribution in [0, 0.1) is 5.82 Å². The largest absolute Gasteiger partial charge is 0.495 e. The number of halogens is 3. The molecule has 110 valence electrons. The van der Waals surface area contributed by atoms with Gasteiger partial charge in [0.15, 0.2) is 11.5 Å². The Bertz CT molecular complexity index is 704. The van der Waals surface area contributed by atoms with Crippen molar-refractivity contribution in [3.8, 4) is 11.5 Å². The molecule has 0 unspecified atom stereocenters. The fourth-order valence-corrected chi connectivity index (χ4v) is 2.64. The van der Waals surface area contributed by atoms with Crippen molar-refractivity contribution >= 4 is 33.3 Å². The third-order valence-electron chi connectivity index (χ3n) is 2.90. The van der Waals surface area contributed by atoms with Crippen LogP contribution in [0.3, 0.4) is 0 Å². The Kier molecular flexibility index (Phi) is 4.85. The molecule has 0 spiro atoms. The molecule has 0 N–H and O–H groups in total. The molecule has 0 aromatic heterocycles. The maximum absolute atomic E-state index is 13.4. The Labute approximate surface area is 134 Å². The molecule has 21 heavy (non-hydrogen) atoms. The number of benzene rings is 2. The van der Waals surface area contributed by atoms with Gasteiger partial charge in [0, 0.05) is 10.0 Å². The molecule has 2 aromatic carbocycles. The molecule has 2 aromatic rings. The summed E-state index contributed by atoms with van der Waals surface area (Å²) in [6.07, 6.45) is 0. The van der Waals surface area contributed by atoms with Crippen LogP contribution in [-0.2, 0) is 0 Å². The highest BCUT2D eigenvalue weighted by molar-refractivity contribution is 9.10. The van der Waals surface area contributed by atoms with Crippen molar-refractivity contribution in [2.45, 2.75) is 0 Å². The quantitative estimate of drug-likeness (QED) is 0.741. The van der Waals surface area contributed by atoms with Gasteiger partial charge in [-0.15, -0.1) is 0 Å². The number of ether oxygens (including phenoxy) is 2. The molecule has 0 heterocycles. The zero-order valence-electron chi connectivity index (χ0n) is 11.2. The average molecular weight is 374 g/mol. The maximum Gasteiger partial charge on any atom is 0.198 e. The van der Waals surface area contributed by atoms with E-state index in [4.69, 9.17) is 21.1 Å². The number of hydrogen-bond acceptors (Lipinski definition) is 3. The number of methoxy groups -OCH3 is 2. The van der Waals surface area contributed by atoms with Gasteiger partial charge in [-0.2, -0.15) is 0 Å². The first-order valence-electron chi connectivity index (χ1n) is 5.89. The topological polar surface area (TPSA) is 35.5 Å². The van der Waals surface area contributed by atoms with Crippen LogP contribution in [0.15, 0.2) is 34.8 Å². The summed E-state index contributed by atoms with van der Waals surface area (Å²) >= 11 is 9.36. The summed E-state index contributed by atoms with van der Waals surface area (Å²) in [4.78, 5) is 12.6. The Morgan fingerprint density at radius 3 is 2.48 bits per heavy atom. The monoisotopic (exact) mass is 372 g/mol. The molecule has 3 nitrogen and oxygen atoms in total. The Morgan fingerprint density at radius 1 is 1.14 bits per heavy atom. The van der Waals surface area contributed by atoms with Gasteiger partial charge >= 0.3 is 0 Å². The predicted molar refractivity (Wildman–Crippen MR) is 82.1 cm³/mol. The first-order chi connectivity index (χ1) is 9.99. The SMILES string of the molecule is COc1ccc(C(=O)c2cc(F)ccc2Br)c(OC)c1Cl. The van der Waals surface area contributed by atoms with Crippen LogP contribution in [0.1, 0.15) is 15.9 Å². The lowest BCUT2D eigenvalue weighted by Gasteiger charge is -2.13. The smallest absolute Gasteiger partial charge is 0.198 e. The van der Waals surface area contributed by atoms with Gasteiger partial charge in [-0.05, 0) is 30.3 Å². The van der Waals surface area contributed by atoms with E-state index in [0.717, 1.165) is 6.07 Å². The third kappa shape index (κ3) is 3.04. The fourth-order valence-electron chi connectivity index (χ4n) is 1.89. The molecule has 0 saturated heterocycles. The van der Waals surface area contributed by atoms with E-state index in [-0.39, 0.29) is 21.9 Å². The van der Waals surface area contributed by atoms with Gasteiger partial charge in [0.05, 0.1) is 19.8 Å². The molecular weight excluding hydrogens is 363 g/mol. The van der Waals surface area contributed by atoms with E-state index in [2.05, 4.69) is 15.9 Å². The minimum absolute atomic E-state index is 0.189. The van der Waals surface area contributed by atoms with Crippen molar-refractivity contribution in [1.82, 2.24) is 0 Å². The van der Waals surface area contributed by atoms with E-state index in [9.17, 15) is 9.18 Å². The van der Waals surface area contributed by atoms with Crippen LogP contribution in [0.5, 0.6) is 11.5 Å². The minimum atomic E-state index is -0.500. The van der Waals surface area contributed by atoms with E-state index in [1.54, 1.807) is 6.07 Å². The van der Waals surface area contributed by atoms with E-state index in [1.165, 1.54) is 32.4 Å². The van der Waals surface area contributed by atoms with Gasteiger partial charge in [-0.3, -0.25) is 4.79 Å². The van der Waals surface area contributed by atoms with Crippen LogP contribution < -0.4 is 9.47 Å². The van der Waals surface area contributed by atoms with E-state index >= 15 is 0 Å². The molecule has 0 aliphatic rings. The number of carbonyl (C=O) groups excluding carboxylic acids is 1. The number of ketones is 1. The van der Waals surface area contributed by atoms with Crippen molar-refractivity contribution in [1.29, 1.82) is 0 Å². The molecule has 0 atom stereocenters.